The molecule has 10 nitrogen and oxygen atoms in total. The Hall–Kier alpha value is -3.60. The molecule has 0 bridgehead atoms. The molecule has 11 heteroatoms. The van der Waals surface area contributed by atoms with Gasteiger partial charge in [-0.1, -0.05) is 11.8 Å². The normalized spacial score (nSPS) is 10.4. The zero-order valence-corrected chi connectivity index (χ0v) is 16.1. The first-order valence-electron chi connectivity index (χ1n) is 8.51. The summed E-state index contributed by atoms with van der Waals surface area (Å²) in [4.78, 5) is 26.7. The van der Waals surface area contributed by atoms with E-state index in [1.165, 1.54) is 24.5 Å². The van der Waals surface area contributed by atoms with Gasteiger partial charge >= 0.3 is 0 Å². The van der Waals surface area contributed by atoms with Gasteiger partial charge in [-0.05, 0) is 31.2 Å². The van der Waals surface area contributed by atoms with Gasteiger partial charge in [0.25, 0.3) is 5.69 Å². The maximum Gasteiger partial charge on any atom is 0.275 e. The Balaban J connectivity index is 1.71. The summed E-state index contributed by atoms with van der Waals surface area (Å²) in [5.41, 5.74) is 0.0509. The van der Waals surface area contributed by atoms with E-state index in [-0.39, 0.29) is 28.8 Å². The number of rotatable bonds is 9. The van der Waals surface area contributed by atoms with Crippen molar-refractivity contribution in [3.8, 4) is 17.2 Å². The number of aromatic nitrogens is 3. The minimum Gasteiger partial charge on any atom is -0.494 e. The van der Waals surface area contributed by atoms with Crippen molar-refractivity contribution in [1.82, 2.24) is 15.2 Å². The molecule has 0 radical (unpaired) electrons. The smallest absolute Gasteiger partial charge is 0.275 e. The molecule has 0 aliphatic heterocycles. The summed E-state index contributed by atoms with van der Waals surface area (Å²) in [6.07, 6.45) is 1.34. The van der Waals surface area contributed by atoms with E-state index in [1.807, 2.05) is 6.92 Å². The molecule has 2 aromatic carbocycles. The molecule has 3 aromatic rings. The van der Waals surface area contributed by atoms with Crippen LogP contribution in [0.25, 0.3) is 0 Å². The molecule has 1 heterocycles. The van der Waals surface area contributed by atoms with Gasteiger partial charge in [-0.2, -0.15) is 5.10 Å². The maximum absolute atomic E-state index is 12.1. The Morgan fingerprint density at radius 3 is 2.62 bits per heavy atom. The standard InChI is InChI=1S/C18H17N5O5S/c1-2-27-14-3-5-15(6-4-14)28-16-8-12(7-13(9-16)23(25)26)21-17(24)10-29-18-19-11-20-22-18/h3-9,11H,2,10H2,1H3,(H,21,24)(H,19,20,22). The van der Waals surface area contributed by atoms with Crippen LogP contribution in [0.2, 0.25) is 0 Å². The van der Waals surface area contributed by atoms with Gasteiger partial charge < -0.3 is 14.8 Å². The minimum absolute atomic E-state index is 0.0625. The maximum atomic E-state index is 12.1. The van der Waals surface area contributed by atoms with Crippen LogP contribution in [0.4, 0.5) is 11.4 Å². The minimum atomic E-state index is -0.552. The van der Waals surface area contributed by atoms with Gasteiger partial charge in [0.1, 0.15) is 23.6 Å². The number of nitro groups is 1. The fourth-order valence-corrected chi connectivity index (χ4v) is 2.90. The van der Waals surface area contributed by atoms with E-state index in [4.69, 9.17) is 9.47 Å². The molecule has 0 aliphatic carbocycles. The number of ether oxygens (including phenoxy) is 2. The van der Waals surface area contributed by atoms with Crippen LogP contribution in [0.1, 0.15) is 6.92 Å². The number of amides is 1. The fourth-order valence-electron chi connectivity index (χ4n) is 2.32. The lowest BCUT2D eigenvalue weighted by Gasteiger charge is -2.10. The van der Waals surface area contributed by atoms with E-state index in [1.54, 1.807) is 24.3 Å². The molecule has 0 fully saturated rings. The van der Waals surface area contributed by atoms with Crippen molar-refractivity contribution in [2.24, 2.45) is 0 Å². The molecule has 0 atom stereocenters. The number of nitrogens with zero attached hydrogens (tertiary/aromatic N) is 3. The highest BCUT2D eigenvalue weighted by Gasteiger charge is 2.14. The summed E-state index contributed by atoms with van der Waals surface area (Å²) in [6, 6.07) is 10.9. The lowest BCUT2D eigenvalue weighted by atomic mass is 10.2. The second-order valence-corrected chi connectivity index (χ2v) is 6.57. The van der Waals surface area contributed by atoms with Crippen molar-refractivity contribution in [3.05, 3.63) is 58.9 Å². The van der Waals surface area contributed by atoms with Crippen LogP contribution in [0.15, 0.2) is 53.9 Å². The van der Waals surface area contributed by atoms with Gasteiger partial charge in [0.2, 0.25) is 5.91 Å². The monoisotopic (exact) mass is 415 g/mol. The van der Waals surface area contributed by atoms with Gasteiger partial charge in [-0.15, -0.1) is 0 Å². The number of carbonyl (C=O) groups excluding carboxylic acids is 1. The molecule has 150 valence electrons. The van der Waals surface area contributed by atoms with Crippen molar-refractivity contribution in [2.75, 3.05) is 17.7 Å². The molecule has 1 amide bonds. The van der Waals surface area contributed by atoms with Crippen LogP contribution < -0.4 is 14.8 Å². The number of nitrogens with one attached hydrogen (secondary N) is 2. The highest BCUT2D eigenvalue weighted by Crippen LogP contribution is 2.30. The van der Waals surface area contributed by atoms with Crippen LogP contribution in [0.3, 0.4) is 0 Å². The fraction of sp³-hybridized carbons (Fsp3) is 0.167. The number of nitro benzene ring substituents is 1. The van der Waals surface area contributed by atoms with Crippen molar-refractivity contribution in [1.29, 1.82) is 0 Å². The molecule has 3 rings (SSSR count). The lowest BCUT2D eigenvalue weighted by Crippen LogP contribution is -2.14. The summed E-state index contributed by atoms with van der Waals surface area (Å²) in [5.74, 6) is 1.11. The number of H-pyrrole nitrogens is 1. The van der Waals surface area contributed by atoms with Crippen LogP contribution in [-0.2, 0) is 4.79 Å². The topological polar surface area (TPSA) is 132 Å². The Labute approximate surface area is 169 Å². The zero-order valence-electron chi connectivity index (χ0n) is 15.3. The Bertz CT molecular complexity index is 979. The average molecular weight is 415 g/mol. The number of hydrogen-bond donors (Lipinski definition) is 2. The second-order valence-electron chi connectivity index (χ2n) is 5.61. The van der Waals surface area contributed by atoms with Gasteiger partial charge in [-0.25, -0.2) is 4.98 Å². The summed E-state index contributed by atoms with van der Waals surface area (Å²) < 4.78 is 11.1. The number of aromatic amines is 1. The van der Waals surface area contributed by atoms with Crippen molar-refractivity contribution in [3.63, 3.8) is 0 Å². The Morgan fingerprint density at radius 1 is 1.21 bits per heavy atom. The summed E-state index contributed by atoms with van der Waals surface area (Å²) >= 11 is 1.16. The molecule has 0 saturated carbocycles. The predicted molar refractivity (Wildman–Crippen MR) is 107 cm³/mol. The SMILES string of the molecule is CCOc1ccc(Oc2cc(NC(=O)CSc3ncn[nH]3)cc([N+](=O)[O-])c2)cc1. The third-order valence-electron chi connectivity index (χ3n) is 3.49. The molecule has 2 N–H and O–H groups in total. The quantitative estimate of drug-likeness (QED) is 0.307. The Kier molecular flexibility index (Phi) is 6.63. The first-order chi connectivity index (χ1) is 14.0. The highest BCUT2D eigenvalue weighted by molar-refractivity contribution is 7.99. The lowest BCUT2D eigenvalue weighted by molar-refractivity contribution is -0.384. The van der Waals surface area contributed by atoms with Crippen LogP contribution in [-0.4, -0.2) is 38.4 Å². The summed E-state index contributed by atoms with van der Waals surface area (Å²) in [7, 11) is 0. The second kappa shape index (κ2) is 9.55. The van der Waals surface area contributed by atoms with E-state index in [0.717, 1.165) is 11.8 Å². The van der Waals surface area contributed by atoms with E-state index in [2.05, 4.69) is 20.5 Å². The van der Waals surface area contributed by atoms with E-state index in [0.29, 0.717) is 23.3 Å². The third-order valence-corrected chi connectivity index (χ3v) is 4.37. The van der Waals surface area contributed by atoms with Crippen molar-refractivity contribution < 1.29 is 19.2 Å². The van der Waals surface area contributed by atoms with Crippen molar-refractivity contribution in [2.45, 2.75) is 12.1 Å². The molecule has 0 saturated heterocycles. The molecule has 0 spiro atoms. The van der Waals surface area contributed by atoms with E-state index < -0.39 is 4.92 Å². The number of non-ortho nitro benzene ring substituents is 1. The molecule has 1 aromatic heterocycles. The zero-order chi connectivity index (χ0) is 20.6. The molecule has 0 aliphatic rings. The number of thioether (sulfide) groups is 1. The van der Waals surface area contributed by atoms with Crippen LogP contribution in [0.5, 0.6) is 17.2 Å². The van der Waals surface area contributed by atoms with E-state index >= 15 is 0 Å². The molecular formula is C18H17N5O5S. The molecular weight excluding hydrogens is 398 g/mol. The first kappa shape index (κ1) is 20.1. The van der Waals surface area contributed by atoms with E-state index in [9.17, 15) is 14.9 Å². The van der Waals surface area contributed by atoms with Gasteiger partial charge in [0, 0.05) is 12.1 Å². The van der Waals surface area contributed by atoms with Crippen LogP contribution in [0, 0.1) is 10.1 Å². The van der Waals surface area contributed by atoms with Crippen LogP contribution >= 0.6 is 11.8 Å². The van der Waals surface area contributed by atoms with Gasteiger partial charge in [0.15, 0.2) is 5.16 Å². The summed E-state index contributed by atoms with van der Waals surface area (Å²) in [6.45, 7) is 2.43. The Morgan fingerprint density at radius 2 is 1.97 bits per heavy atom. The highest BCUT2D eigenvalue weighted by atomic mass is 32.2. The molecule has 0 unspecified atom stereocenters. The third kappa shape index (κ3) is 5.94. The average Bonchev–Trinajstić information content (AvgIpc) is 3.22. The largest absolute Gasteiger partial charge is 0.494 e. The van der Waals surface area contributed by atoms with Gasteiger partial charge in [0.05, 0.1) is 29.0 Å². The first-order valence-corrected chi connectivity index (χ1v) is 9.50. The number of anilines is 1. The summed E-state index contributed by atoms with van der Waals surface area (Å²) in [5, 5.41) is 20.7. The molecule has 29 heavy (non-hydrogen) atoms. The van der Waals surface area contributed by atoms with Gasteiger partial charge in [-0.3, -0.25) is 20.0 Å². The number of hydrogen-bond acceptors (Lipinski definition) is 8. The number of carbonyl (C=O) groups is 1. The predicted octanol–water partition coefficient (Wildman–Crippen LogP) is 3.63. The number of benzene rings is 2. The van der Waals surface area contributed by atoms with Crippen molar-refractivity contribution >= 4 is 29.0 Å².